The van der Waals surface area contributed by atoms with Crippen LogP contribution in [0.5, 0.6) is 11.5 Å². The molecule has 1 heterocycles. The fraction of sp³-hybridized carbons (Fsp3) is 0.161. The number of barbiturate groups is 1. The van der Waals surface area contributed by atoms with Crippen molar-refractivity contribution in [3.05, 3.63) is 111 Å². The molecule has 0 atom stereocenters. The first kappa shape index (κ1) is 30.2. The van der Waals surface area contributed by atoms with Crippen LogP contribution in [-0.4, -0.2) is 42.5 Å². The summed E-state index contributed by atoms with van der Waals surface area (Å²) in [6.07, 6.45) is 3.34. The average molecular weight is 586 g/mol. The lowest BCUT2D eigenvalue weighted by molar-refractivity contribution is -0.384. The number of benzene rings is 3. The molecule has 0 radical (unpaired) electrons. The number of allylic oxidation sites excluding steroid dienone is 1. The molecule has 0 unspecified atom stereocenters. The zero-order chi connectivity index (χ0) is 31.1. The summed E-state index contributed by atoms with van der Waals surface area (Å²) in [5.41, 5.74) is 1.79. The third-order valence-corrected chi connectivity index (χ3v) is 6.31. The number of nitro groups is 1. The average Bonchev–Trinajstić information content (AvgIpc) is 2.99. The van der Waals surface area contributed by atoms with Gasteiger partial charge in [-0.15, -0.1) is 6.58 Å². The van der Waals surface area contributed by atoms with Crippen LogP contribution in [0, 0.1) is 10.1 Å². The van der Waals surface area contributed by atoms with Crippen LogP contribution in [0.15, 0.2) is 78.9 Å². The number of nitrogens with zero attached hydrogens (tertiary/aromatic N) is 2. The first-order valence-corrected chi connectivity index (χ1v) is 13.0. The fourth-order valence-electron chi connectivity index (χ4n) is 4.29. The van der Waals surface area contributed by atoms with E-state index in [1.165, 1.54) is 49.6 Å². The van der Waals surface area contributed by atoms with Crippen molar-refractivity contribution in [2.24, 2.45) is 0 Å². The maximum Gasteiger partial charge on any atom is 0.337 e. The van der Waals surface area contributed by atoms with Gasteiger partial charge in [0.15, 0.2) is 11.5 Å². The highest BCUT2D eigenvalue weighted by molar-refractivity contribution is 6.39. The molecule has 4 rings (SSSR count). The number of esters is 1. The molecule has 1 aliphatic rings. The van der Waals surface area contributed by atoms with Crippen LogP contribution < -0.4 is 19.7 Å². The first-order valence-electron chi connectivity index (χ1n) is 13.0. The third-order valence-electron chi connectivity index (χ3n) is 6.31. The summed E-state index contributed by atoms with van der Waals surface area (Å²) in [5, 5.41) is 13.1. The normalized spacial score (nSPS) is 13.9. The minimum Gasteiger partial charge on any atom is -0.490 e. The number of non-ortho nitro benzene ring substituents is 1. The van der Waals surface area contributed by atoms with Gasteiger partial charge in [0.25, 0.3) is 17.5 Å². The molecular weight excluding hydrogens is 558 g/mol. The number of methoxy groups -OCH3 is 1. The number of hydrogen-bond acceptors (Lipinski definition) is 9. The number of carbonyl (C=O) groups is 4. The summed E-state index contributed by atoms with van der Waals surface area (Å²) >= 11 is 0. The summed E-state index contributed by atoms with van der Waals surface area (Å²) in [7, 11) is 1.23. The molecule has 43 heavy (non-hydrogen) atoms. The maximum atomic E-state index is 13.4. The molecule has 12 heteroatoms. The Balaban J connectivity index is 1.67. The molecule has 1 aliphatic heterocycles. The molecule has 220 valence electrons. The van der Waals surface area contributed by atoms with Crippen molar-refractivity contribution in [3.8, 4) is 11.5 Å². The van der Waals surface area contributed by atoms with Crippen molar-refractivity contribution >= 4 is 41.3 Å². The van der Waals surface area contributed by atoms with Gasteiger partial charge in [0.2, 0.25) is 0 Å². The molecular formula is C31H27N3O9. The largest absolute Gasteiger partial charge is 0.490 e. The van der Waals surface area contributed by atoms with Gasteiger partial charge in [0, 0.05) is 17.7 Å². The van der Waals surface area contributed by atoms with E-state index in [0.29, 0.717) is 34.6 Å². The van der Waals surface area contributed by atoms with E-state index in [0.717, 1.165) is 4.90 Å². The Morgan fingerprint density at radius 3 is 2.35 bits per heavy atom. The Labute approximate surface area is 246 Å². The molecule has 1 N–H and O–H groups in total. The Kier molecular flexibility index (Phi) is 9.30. The summed E-state index contributed by atoms with van der Waals surface area (Å²) in [6, 6.07) is 13.9. The van der Waals surface area contributed by atoms with Crippen LogP contribution >= 0.6 is 0 Å². The number of rotatable bonds is 11. The standard InChI is InChI=1S/C31H27N3O9/c1-4-6-22-15-20(17-26(42-5-2)27(22)43-18-19-7-11-24(12-8-19)34(39)40)16-25-28(35)32-31(38)33(29(25)36)23-13-9-21(10-14-23)30(37)41-3/h4,7-17H,1,5-6,18H2,2-3H3,(H,32,35,38)/b25-16+. The van der Waals surface area contributed by atoms with E-state index in [9.17, 15) is 29.3 Å². The number of ether oxygens (including phenoxy) is 3. The minimum atomic E-state index is -0.935. The van der Waals surface area contributed by atoms with Gasteiger partial charge in [-0.1, -0.05) is 6.08 Å². The number of nitro benzene ring substituents is 1. The van der Waals surface area contributed by atoms with Crippen molar-refractivity contribution in [2.45, 2.75) is 20.0 Å². The number of anilines is 1. The Bertz CT molecular complexity index is 1630. The van der Waals surface area contributed by atoms with Crippen LogP contribution in [0.1, 0.15) is 34.0 Å². The topological polar surface area (TPSA) is 154 Å². The zero-order valence-electron chi connectivity index (χ0n) is 23.3. The molecule has 0 saturated carbocycles. The minimum absolute atomic E-state index is 0.0386. The molecule has 0 aromatic heterocycles. The zero-order valence-corrected chi connectivity index (χ0v) is 23.3. The molecule has 3 aromatic carbocycles. The molecule has 0 bridgehead atoms. The number of imide groups is 2. The molecule has 0 aliphatic carbocycles. The summed E-state index contributed by atoms with van der Waals surface area (Å²) in [4.78, 5) is 61.8. The smallest absolute Gasteiger partial charge is 0.337 e. The lowest BCUT2D eigenvalue weighted by atomic mass is 10.0. The highest BCUT2D eigenvalue weighted by Gasteiger charge is 2.37. The van der Waals surface area contributed by atoms with Gasteiger partial charge in [-0.2, -0.15) is 0 Å². The van der Waals surface area contributed by atoms with E-state index < -0.39 is 28.7 Å². The van der Waals surface area contributed by atoms with Gasteiger partial charge in [-0.3, -0.25) is 25.0 Å². The third kappa shape index (κ3) is 6.76. The van der Waals surface area contributed by atoms with Crippen molar-refractivity contribution < 1.29 is 38.3 Å². The van der Waals surface area contributed by atoms with E-state index in [4.69, 9.17) is 9.47 Å². The van der Waals surface area contributed by atoms with E-state index in [2.05, 4.69) is 16.6 Å². The van der Waals surface area contributed by atoms with Crippen LogP contribution in [-0.2, 0) is 27.4 Å². The highest BCUT2D eigenvalue weighted by Crippen LogP contribution is 2.36. The second-order valence-corrected chi connectivity index (χ2v) is 9.14. The van der Waals surface area contributed by atoms with Crippen molar-refractivity contribution in [1.29, 1.82) is 0 Å². The van der Waals surface area contributed by atoms with E-state index in [-0.39, 0.29) is 35.7 Å². The van der Waals surface area contributed by atoms with E-state index >= 15 is 0 Å². The molecule has 1 fully saturated rings. The number of carbonyl (C=O) groups excluding carboxylic acids is 4. The van der Waals surface area contributed by atoms with Gasteiger partial charge in [0.1, 0.15) is 12.2 Å². The van der Waals surface area contributed by atoms with Gasteiger partial charge in [-0.25, -0.2) is 14.5 Å². The van der Waals surface area contributed by atoms with Crippen LogP contribution in [0.25, 0.3) is 6.08 Å². The van der Waals surface area contributed by atoms with Crippen molar-refractivity contribution in [2.75, 3.05) is 18.6 Å². The molecule has 3 aromatic rings. The lowest BCUT2D eigenvalue weighted by Crippen LogP contribution is -2.54. The van der Waals surface area contributed by atoms with Gasteiger partial charge < -0.3 is 14.2 Å². The molecule has 4 amide bonds. The van der Waals surface area contributed by atoms with Crippen LogP contribution in [0.2, 0.25) is 0 Å². The van der Waals surface area contributed by atoms with Crippen molar-refractivity contribution in [1.82, 2.24) is 5.32 Å². The monoisotopic (exact) mass is 585 g/mol. The maximum absolute atomic E-state index is 13.4. The highest BCUT2D eigenvalue weighted by atomic mass is 16.6. The quantitative estimate of drug-likeness (QED) is 0.0838. The Morgan fingerprint density at radius 1 is 1.05 bits per heavy atom. The molecule has 12 nitrogen and oxygen atoms in total. The molecule has 1 saturated heterocycles. The first-order chi connectivity index (χ1) is 20.7. The Morgan fingerprint density at radius 2 is 1.74 bits per heavy atom. The second-order valence-electron chi connectivity index (χ2n) is 9.14. The number of urea groups is 1. The summed E-state index contributed by atoms with van der Waals surface area (Å²) < 4.78 is 16.6. The number of nitrogens with one attached hydrogen (secondary N) is 1. The number of hydrogen-bond donors (Lipinski definition) is 1. The summed E-state index contributed by atoms with van der Waals surface area (Å²) in [5.74, 6) is -1.58. The van der Waals surface area contributed by atoms with Gasteiger partial charge in [0.05, 0.1) is 29.9 Å². The second kappa shape index (κ2) is 13.3. The van der Waals surface area contributed by atoms with E-state index in [1.807, 2.05) is 0 Å². The predicted octanol–water partition coefficient (Wildman–Crippen LogP) is 4.75. The van der Waals surface area contributed by atoms with Gasteiger partial charge in [-0.05, 0) is 79.1 Å². The van der Waals surface area contributed by atoms with Gasteiger partial charge >= 0.3 is 12.0 Å². The summed E-state index contributed by atoms with van der Waals surface area (Å²) in [6.45, 7) is 5.95. The predicted molar refractivity (Wildman–Crippen MR) is 156 cm³/mol. The number of amides is 4. The van der Waals surface area contributed by atoms with Crippen molar-refractivity contribution in [3.63, 3.8) is 0 Å². The fourth-order valence-corrected chi connectivity index (χ4v) is 4.29. The van der Waals surface area contributed by atoms with Crippen LogP contribution in [0.3, 0.4) is 0 Å². The molecule has 0 spiro atoms. The Hall–Kier alpha value is -5.78. The SMILES string of the molecule is C=CCc1cc(/C=C2\C(=O)NC(=O)N(c3ccc(C(=O)OC)cc3)C2=O)cc(OCC)c1OCc1ccc([N+](=O)[O-])cc1. The van der Waals surface area contributed by atoms with E-state index in [1.54, 1.807) is 37.3 Å². The lowest BCUT2D eigenvalue weighted by Gasteiger charge is -2.26. The van der Waals surface area contributed by atoms with Crippen LogP contribution in [0.4, 0.5) is 16.2 Å².